The van der Waals surface area contributed by atoms with Crippen LogP contribution < -0.4 is 5.32 Å². The van der Waals surface area contributed by atoms with Crippen molar-refractivity contribution < 1.29 is 49.8 Å². The molecule has 11 heteroatoms. The summed E-state index contributed by atoms with van der Waals surface area (Å²) in [5, 5.41) is 57.5. The number of rotatable bonds is 5. The Morgan fingerprint density at radius 1 is 1.10 bits per heavy atom. The van der Waals surface area contributed by atoms with Crippen molar-refractivity contribution in [3.05, 3.63) is 0 Å². The van der Waals surface area contributed by atoms with Gasteiger partial charge < -0.3 is 40.7 Å². The second-order valence-corrected chi connectivity index (χ2v) is 4.45. The third kappa shape index (κ3) is 3.65. The Labute approximate surface area is 117 Å². The molecule has 0 aromatic carbocycles. The molecule has 1 heterocycles. The van der Waals surface area contributed by atoms with Gasteiger partial charge in [0.25, 0.3) is 0 Å². The fourth-order valence-electron chi connectivity index (χ4n) is 1.74. The van der Waals surface area contributed by atoms with Gasteiger partial charge in [0.2, 0.25) is 17.9 Å². The van der Waals surface area contributed by atoms with E-state index in [0.29, 0.717) is 0 Å². The predicted octanol–water partition coefficient (Wildman–Crippen LogP) is -3.82. The highest BCUT2D eigenvalue weighted by atomic mass is 16.7. The van der Waals surface area contributed by atoms with Crippen LogP contribution in [0.15, 0.2) is 0 Å². The van der Waals surface area contributed by atoms with E-state index in [0.717, 1.165) is 0 Å². The maximum absolute atomic E-state index is 11.4. The minimum atomic E-state index is -2.87. The number of nitrogens with one attached hydrogen (secondary N) is 1. The summed E-state index contributed by atoms with van der Waals surface area (Å²) >= 11 is 0. The molecule has 1 fully saturated rings. The molecule has 0 radical (unpaired) electrons. The number of aliphatic hydroxyl groups excluding tert-OH is 3. The van der Waals surface area contributed by atoms with Gasteiger partial charge in [0.15, 0.2) is 6.10 Å². The molecule has 0 aromatic heterocycles. The molecule has 0 unspecified atom stereocenters. The quantitative estimate of drug-likeness (QED) is 0.247. The first-order valence-electron chi connectivity index (χ1n) is 5.77. The van der Waals surface area contributed by atoms with Crippen LogP contribution in [0.2, 0.25) is 0 Å². The van der Waals surface area contributed by atoms with Gasteiger partial charge in [-0.1, -0.05) is 0 Å². The summed E-state index contributed by atoms with van der Waals surface area (Å²) in [4.78, 5) is 32.5. The van der Waals surface area contributed by atoms with Crippen LogP contribution in [0.5, 0.6) is 0 Å². The lowest BCUT2D eigenvalue weighted by Crippen LogP contribution is -2.73. The summed E-state index contributed by atoms with van der Waals surface area (Å²) in [5.41, 5.74) is -2.87. The SMILES string of the molecule is O=C(O)CCC(=O)N[C@]1(O)[C@H](O)O[C@H](C(=O)O)[C@@H](O)[C@@H]1O. The lowest BCUT2D eigenvalue weighted by molar-refractivity contribution is -0.329. The van der Waals surface area contributed by atoms with Gasteiger partial charge in [0.05, 0.1) is 6.42 Å². The minimum Gasteiger partial charge on any atom is -0.481 e. The van der Waals surface area contributed by atoms with Crippen LogP contribution in [-0.4, -0.2) is 78.8 Å². The molecular weight excluding hydrogens is 294 g/mol. The number of carbonyl (C=O) groups excluding carboxylic acids is 1. The molecule has 7 N–H and O–H groups in total. The van der Waals surface area contributed by atoms with Crippen molar-refractivity contribution in [3.8, 4) is 0 Å². The topological polar surface area (TPSA) is 194 Å². The number of aliphatic carboxylic acids is 2. The molecule has 0 aromatic rings. The van der Waals surface area contributed by atoms with Crippen molar-refractivity contribution in [1.82, 2.24) is 5.32 Å². The van der Waals surface area contributed by atoms with Gasteiger partial charge in [0.1, 0.15) is 12.2 Å². The van der Waals surface area contributed by atoms with E-state index in [9.17, 15) is 34.8 Å². The molecule has 120 valence electrons. The molecule has 1 aliphatic heterocycles. The number of carboxylic acids is 2. The average molecular weight is 309 g/mol. The van der Waals surface area contributed by atoms with E-state index in [1.165, 1.54) is 0 Å². The van der Waals surface area contributed by atoms with Crippen LogP contribution in [0.3, 0.4) is 0 Å². The molecule has 0 aliphatic carbocycles. The van der Waals surface area contributed by atoms with Gasteiger partial charge in [-0.05, 0) is 0 Å². The van der Waals surface area contributed by atoms with Crippen LogP contribution in [0.4, 0.5) is 0 Å². The van der Waals surface area contributed by atoms with E-state index in [-0.39, 0.29) is 0 Å². The zero-order valence-corrected chi connectivity index (χ0v) is 10.5. The second kappa shape index (κ2) is 6.32. The van der Waals surface area contributed by atoms with Crippen molar-refractivity contribution in [2.24, 2.45) is 0 Å². The van der Waals surface area contributed by atoms with E-state index in [1.54, 1.807) is 5.32 Å². The lowest BCUT2D eigenvalue weighted by atomic mass is 9.93. The summed E-state index contributed by atoms with van der Waals surface area (Å²) in [6.45, 7) is 0. The third-order valence-corrected chi connectivity index (χ3v) is 2.89. The van der Waals surface area contributed by atoms with Crippen molar-refractivity contribution in [2.45, 2.75) is 43.2 Å². The van der Waals surface area contributed by atoms with Crippen LogP contribution in [0, 0.1) is 0 Å². The zero-order valence-electron chi connectivity index (χ0n) is 10.5. The average Bonchev–Trinajstić information content (AvgIpc) is 2.38. The molecule has 1 aliphatic rings. The van der Waals surface area contributed by atoms with E-state index >= 15 is 0 Å². The summed E-state index contributed by atoms with van der Waals surface area (Å²) in [7, 11) is 0. The first-order valence-corrected chi connectivity index (χ1v) is 5.77. The molecule has 11 nitrogen and oxygen atoms in total. The van der Waals surface area contributed by atoms with Crippen LogP contribution in [0.25, 0.3) is 0 Å². The zero-order chi connectivity index (χ0) is 16.4. The van der Waals surface area contributed by atoms with Gasteiger partial charge in [-0.25, -0.2) is 4.79 Å². The summed E-state index contributed by atoms with van der Waals surface area (Å²) in [6, 6.07) is 0. The van der Waals surface area contributed by atoms with E-state index in [4.69, 9.17) is 10.2 Å². The molecule has 1 amide bonds. The van der Waals surface area contributed by atoms with Gasteiger partial charge in [0, 0.05) is 6.42 Å². The number of ether oxygens (including phenoxy) is 1. The summed E-state index contributed by atoms with van der Waals surface area (Å²) < 4.78 is 4.44. The van der Waals surface area contributed by atoms with Gasteiger partial charge in [-0.3, -0.25) is 9.59 Å². The van der Waals surface area contributed by atoms with E-state index < -0.39 is 61.0 Å². The largest absolute Gasteiger partial charge is 0.481 e. The van der Waals surface area contributed by atoms with Crippen molar-refractivity contribution in [1.29, 1.82) is 0 Å². The molecule has 1 rings (SSSR count). The molecule has 5 atom stereocenters. The van der Waals surface area contributed by atoms with Crippen LogP contribution in [0.1, 0.15) is 12.8 Å². The highest BCUT2D eigenvalue weighted by molar-refractivity contribution is 5.81. The summed E-state index contributed by atoms with van der Waals surface area (Å²) in [5.74, 6) is -4.04. The maximum atomic E-state index is 11.4. The molecule has 1 saturated heterocycles. The number of carbonyl (C=O) groups is 3. The Morgan fingerprint density at radius 3 is 2.14 bits per heavy atom. The Hall–Kier alpha value is -1.79. The number of aliphatic hydroxyl groups is 4. The normalized spacial score (nSPS) is 36.0. The minimum absolute atomic E-state index is 0.574. The molecule has 21 heavy (non-hydrogen) atoms. The monoisotopic (exact) mass is 309 g/mol. The number of hydrogen-bond acceptors (Lipinski definition) is 8. The fourth-order valence-corrected chi connectivity index (χ4v) is 1.74. The second-order valence-electron chi connectivity index (χ2n) is 4.45. The maximum Gasteiger partial charge on any atom is 0.335 e. The highest BCUT2D eigenvalue weighted by Crippen LogP contribution is 2.27. The number of amides is 1. The summed E-state index contributed by atoms with van der Waals surface area (Å²) in [6.07, 6.45) is -9.89. The highest BCUT2D eigenvalue weighted by Gasteiger charge is 2.57. The number of hydrogen-bond donors (Lipinski definition) is 7. The lowest BCUT2D eigenvalue weighted by Gasteiger charge is -2.45. The van der Waals surface area contributed by atoms with Crippen LogP contribution >= 0.6 is 0 Å². The molecule has 0 bridgehead atoms. The predicted molar refractivity (Wildman–Crippen MR) is 60.5 cm³/mol. The Kier molecular flexibility index (Phi) is 5.20. The molecule has 0 saturated carbocycles. The molecular formula is C10H15NO10. The Balaban J connectivity index is 2.82. The van der Waals surface area contributed by atoms with Crippen LogP contribution in [-0.2, 0) is 19.1 Å². The third-order valence-electron chi connectivity index (χ3n) is 2.89. The van der Waals surface area contributed by atoms with Gasteiger partial charge >= 0.3 is 11.9 Å². The Morgan fingerprint density at radius 2 is 1.67 bits per heavy atom. The Bertz CT molecular complexity index is 440. The number of carboxylic acid groups (broad SMARTS) is 2. The van der Waals surface area contributed by atoms with Crippen molar-refractivity contribution in [3.63, 3.8) is 0 Å². The fraction of sp³-hybridized carbons (Fsp3) is 0.700. The smallest absolute Gasteiger partial charge is 0.335 e. The van der Waals surface area contributed by atoms with Gasteiger partial charge in [-0.15, -0.1) is 0 Å². The van der Waals surface area contributed by atoms with E-state index in [1.807, 2.05) is 0 Å². The van der Waals surface area contributed by atoms with E-state index in [2.05, 4.69) is 4.74 Å². The van der Waals surface area contributed by atoms with Crippen molar-refractivity contribution in [2.75, 3.05) is 0 Å². The van der Waals surface area contributed by atoms with Crippen molar-refractivity contribution >= 4 is 17.8 Å². The molecule has 0 spiro atoms. The standard InChI is InChI=1S/C10H15NO10/c12-3(1-2-4(13)14)11-10(20)7(16)5(15)6(8(17)18)21-9(10)19/h5-7,9,15-16,19-20H,1-2H2,(H,11,12)(H,13,14)(H,17,18)/t5-,6+,7+,9-,10-/m1/s1. The van der Waals surface area contributed by atoms with Gasteiger partial charge in [-0.2, -0.15) is 0 Å². The first kappa shape index (κ1) is 17.3. The first-order chi connectivity index (χ1) is 9.59.